The van der Waals surface area contributed by atoms with Crippen LogP contribution >= 0.6 is 31.2 Å². The Kier molecular flexibility index (Phi) is 7.01. The van der Waals surface area contributed by atoms with Crippen LogP contribution in [0.4, 0.5) is 0 Å². The van der Waals surface area contributed by atoms with E-state index in [-0.39, 0.29) is 12.2 Å². The first kappa shape index (κ1) is 16.6. The highest BCUT2D eigenvalue weighted by Gasteiger charge is 2.20. The predicted octanol–water partition coefficient (Wildman–Crippen LogP) is 4.62. The third kappa shape index (κ3) is 6.05. The quantitative estimate of drug-likeness (QED) is 0.523. The molecule has 0 N–H and O–H groups in total. The van der Waals surface area contributed by atoms with Gasteiger partial charge < -0.3 is 4.52 Å². The van der Waals surface area contributed by atoms with Gasteiger partial charge in [0.1, 0.15) is 5.75 Å². The molecule has 0 amide bonds. The van der Waals surface area contributed by atoms with Crippen molar-refractivity contribution in [3.8, 4) is 11.8 Å². The normalized spacial score (nSPS) is 11.1. The molecular formula is C13H17INO3P. The summed E-state index contributed by atoms with van der Waals surface area (Å²) in [6.07, 6.45) is 0.0309. The van der Waals surface area contributed by atoms with E-state index >= 15 is 0 Å². The molecule has 104 valence electrons. The van der Waals surface area contributed by atoms with Crippen molar-refractivity contribution in [2.75, 3.05) is 0 Å². The van der Waals surface area contributed by atoms with Gasteiger partial charge in [0.25, 0.3) is 0 Å². The second kappa shape index (κ2) is 8.01. The molecule has 0 radical (unpaired) electrons. The van der Waals surface area contributed by atoms with Gasteiger partial charge in [0.05, 0.1) is 27.4 Å². The summed E-state index contributed by atoms with van der Waals surface area (Å²) in [7, 11) is -1.46. The Labute approximate surface area is 129 Å². The lowest BCUT2D eigenvalue weighted by Gasteiger charge is -2.21. The summed E-state index contributed by atoms with van der Waals surface area (Å²) >= 11 is 2.16. The molecule has 0 bridgehead atoms. The molecule has 0 saturated heterocycles. The van der Waals surface area contributed by atoms with Gasteiger partial charge in [0.2, 0.25) is 0 Å². The summed E-state index contributed by atoms with van der Waals surface area (Å²) in [5, 5.41) is 8.91. The van der Waals surface area contributed by atoms with Crippen molar-refractivity contribution in [3.63, 3.8) is 0 Å². The van der Waals surface area contributed by atoms with Crippen molar-refractivity contribution in [1.29, 1.82) is 5.26 Å². The van der Waals surface area contributed by atoms with Crippen LogP contribution in [0.15, 0.2) is 18.2 Å². The molecule has 0 aromatic heterocycles. The maximum atomic E-state index is 8.91. The molecule has 0 aliphatic rings. The molecule has 0 aliphatic carbocycles. The molecule has 4 nitrogen and oxygen atoms in total. The first-order valence-corrected chi connectivity index (χ1v) is 8.11. The number of nitrogens with zero attached hydrogens (tertiary/aromatic N) is 1. The van der Waals surface area contributed by atoms with Gasteiger partial charge in [-0.25, -0.2) is 0 Å². The molecule has 1 aromatic carbocycles. The first-order chi connectivity index (χ1) is 8.92. The summed E-state index contributed by atoms with van der Waals surface area (Å²) < 4.78 is 17.9. The summed E-state index contributed by atoms with van der Waals surface area (Å²) in [6.45, 7) is 7.72. The van der Waals surface area contributed by atoms with Crippen LogP contribution in [-0.4, -0.2) is 12.2 Å². The number of nitriles is 1. The smallest absolute Gasteiger partial charge is 0.397 e. The Balaban J connectivity index is 2.86. The van der Waals surface area contributed by atoms with Crippen molar-refractivity contribution in [2.24, 2.45) is 0 Å². The number of hydrogen-bond acceptors (Lipinski definition) is 4. The molecule has 1 aromatic rings. The third-order valence-corrected chi connectivity index (χ3v) is 4.25. The van der Waals surface area contributed by atoms with Crippen LogP contribution in [0.25, 0.3) is 0 Å². The Morgan fingerprint density at radius 3 is 2.21 bits per heavy atom. The summed E-state index contributed by atoms with van der Waals surface area (Å²) in [6, 6.07) is 7.38. The van der Waals surface area contributed by atoms with Gasteiger partial charge in [0, 0.05) is 0 Å². The van der Waals surface area contributed by atoms with E-state index in [1.54, 1.807) is 12.1 Å². The number of halogens is 1. The molecule has 0 saturated carbocycles. The van der Waals surface area contributed by atoms with Crippen molar-refractivity contribution >= 4 is 31.2 Å². The highest BCUT2D eigenvalue weighted by atomic mass is 127. The SMILES string of the molecule is CC(C)OP(Oc1cc(C#N)ccc1I)OC(C)C. The molecule has 0 atom stereocenters. The molecule has 0 aliphatic heterocycles. The van der Waals surface area contributed by atoms with Crippen molar-refractivity contribution in [2.45, 2.75) is 39.9 Å². The van der Waals surface area contributed by atoms with E-state index < -0.39 is 8.60 Å². The van der Waals surface area contributed by atoms with Crippen LogP contribution in [0, 0.1) is 14.9 Å². The van der Waals surface area contributed by atoms with Crippen LogP contribution in [0.2, 0.25) is 0 Å². The lowest BCUT2D eigenvalue weighted by atomic mass is 10.2. The predicted molar refractivity (Wildman–Crippen MR) is 83.9 cm³/mol. The highest BCUT2D eigenvalue weighted by Crippen LogP contribution is 2.44. The van der Waals surface area contributed by atoms with Crippen LogP contribution in [0.1, 0.15) is 33.3 Å². The van der Waals surface area contributed by atoms with E-state index in [0.29, 0.717) is 11.3 Å². The minimum Gasteiger partial charge on any atom is -0.426 e. The maximum Gasteiger partial charge on any atom is 0.397 e. The number of benzene rings is 1. The molecular weight excluding hydrogens is 376 g/mol. The van der Waals surface area contributed by atoms with Crippen LogP contribution in [0.3, 0.4) is 0 Å². The molecule has 6 heteroatoms. The highest BCUT2D eigenvalue weighted by molar-refractivity contribution is 14.1. The van der Waals surface area contributed by atoms with Crippen molar-refractivity contribution in [3.05, 3.63) is 27.3 Å². The zero-order chi connectivity index (χ0) is 14.4. The fraction of sp³-hybridized carbons (Fsp3) is 0.462. The Morgan fingerprint density at radius 2 is 1.74 bits per heavy atom. The standard InChI is InChI=1S/C13H17INO3P/c1-9(2)16-19(17-10(3)4)18-13-7-11(8-15)5-6-12(13)14/h5-7,9-10H,1-4H3. The van der Waals surface area contributed by atoms with Gasteiger partial charge in [-0.3, -0.25) is 9.05 Å². The molecule has 0 fully saturated rings. The monoisotopic (exact) mass is 393 g/mol. The summed E-state index contributed by atoms with van der Waals surface area (Å²) in [5.41, 5.74) is 0.555. The second-order valence-corrected chi connectivity index (χ2v) is 6.59. The third-order valence-electron chi connectivity index (χ3n) is 1.83. The van der Waals surface area contributed by atoms with Crippen LogP contribution < -0.4 is 4.52 Å². The van der Waals surface area contributed by atoms with Gasteiger partial charge in [-0.05, 0) is 68.5 Å². The minimum atomic E-state index is -1.46. The zero-order valence-corrected chi connectivity index (χ0v) is 14.4. The van der Waals surface area contributed by atoms with Gasteiger partial charge >= 0.3 is 8.60 Å². The van der Waals surface area contributed by atoms with E-state index in [0.717, 1.165) is 3.57 Å². The lowest BCUT2D eigenvalue weighted by Crippen LogP contribution is -2.08. The van der Waals surface area contributed by atoms with E-state index in [9.17, 15) is 0 Å². The van der Waals surface area contributed by atoms with Gasteiger partial charge in [-0.2, -0.15) is 5.26 Å². The zero-order valence-electron chi connectivity index (χ0n) is 11.4. The van der Waals surface area contributed by atoms with Crippen molar-refractivity contribution in [1.82, 2.24) is 0 Å². The Hall–Kier alpha value is -0.410. The number of rotatable bonds is 6. The summed E-state index contributed by atoms with van der Waals surface area (Å²) in [5.74, 6) is 0.618. The molecule has 1 rings (SSSR count). The largest absolute Gasteiger partial charge is 0.426 e. The summed E-state index contributed by atoms with van der Waals surface area (Å²) in [4.78, 5) is 0. The molecule has 19 heavy (non-hydrogen) atoms. The average Bonchev–Trinajstić information content (AvgIpc) is 2.30. The maximum absolute atomic E-state index is 8.91. The fourth-order valence-corrected chi connectivity index (χ4v) is 2.89. The average molecular weight is 393 g/mol. The second-order valence-electron chi connectivity index (χ2n) is 4.38. The number of hydrogen-bond donors (Lipinski definition) is 0. The van der Waals surface area contributed by atoms with Gasteiger partial charge in [-0.1, -0.05) is 0 Å². The molecule has 0 unspecified atom stereocenters. The van der Waals surface area contributed by atoms with E-state index in [1.165, 1.54) is 0 Å². The first-order valence-electron chi connectivity index (χ1n) is 5.93. The Bertz CT molecular complexity index is 450. The molecule has 0 spiro atoms. The van der Waals surface area contributed by atoms with Crippen LogP contribution in [-0.2, 0) is 9.05 Å². The fourth-order valence-electron chi connectivity index (χ4n) is 1.14. The van der Waals surface area contributed by atoms with Crippen LogP contribution in [0.5, 0.6) is 5.75 Å². The van der Waals surface area contributed by atoms with Gasteiger partial charge in [0.15, 0.2) is 0 Å². The van der Waals surface area contributed by atoms with Crippen molar-refractivity contribution < 1.29 is 13.6 Å². The molecule has 0 heterocycles. The minimum absolute atomic E-state index is 0.0154. The van der Waals surface area contributed by atoms with E-state index in [4.69, 9.17) is 18.8 Å². The van der Waals surface area contributed by atoms with E-state index in [2.05, 4.69) is 28.7 Å². The Morgan fingerprint density at radius 1 is 1.16 bits per heavy atom. The van der Waals surface area contributed by atoms with Gasteiger partial charge in [-0.15, -0.1) is 0 Å². The lowest BCUT2D eigenvalue weighted by molar-refractivity contribution is 0.143. The topological polar surface area (TPSA) is 51.5 Å². The van der Waals surface area contributed by atoms with E-state index in [1.807, 2.05) is 33.8 Å².